The van der Waals surface area contributed by atoms with Crippen molar-refractivity contribution in [2.24, 2.45) is 5.73 Å². The van der Waals surface area contributed by atoms with E-state index in [4.69, 9.17) is 63.6 Å². The van der Waals surface area contributed by atoms with Crippen LogP contribution in [0.15, 0.2) is 118 Å². The molecule has 0 amide bonds. The van der Waals surface area contributed by atoms with Crippen molar-refractivity contribution in [2.75, 3.05) is 84.1 Å². The number of rotatable bonds is 20. The molecule has 0 saturated heterocycles. The molecule has 0 aromatic heterocycles. The maximum Gasteiger partial charge on any atom is 1.00 e. The summed E-state index contributed by atoms with van der Waals surface area (Å²) in [5.41, 5.74) is 10.2. The topological polar surface area (TPSA) is 316 Å². The van der Waals surface area contributed by atoms with Crippen LogP contribution in [0.25, 0.3) is 6.08 Å². The second-order valence-electron chi connectivity index (χ2n) is 15.7. The van der Waals surface area contributed by atoms with Crippen LogP contribution in [0.3, 0.4) is 0 Å². The molecular weight excluding hydrogens is 1710 g/mol. The minimum Gasteiger partial charge on any atom is -1.00 e. The number of methoxy groups -OCH3 is 9. The SMILES string of the molecule is BrBr.COc1c(/C=C\[N+](=O)[O-])ccc(Br)c1CO.COc1c(Br)ccc(Br)c1OC.COc1c(Br)ccc(C=O)c1OC.COc1c(CCN)ccc(Br)c1CO.COc1c(CC[N+](=O)[O-])ccc(Br)c1CO.COc1ccccc1OC.C[N+](=O)[O-].[B].[H-].[Na+]. The Balaban J connectivity index is -0.000000315. The largest absolute Gasteiger partial charge is 1.00 e. The van der Waals surface area contributed by atoms with Crippen LogP contribution in [0.4, 0.5) is 0 Å². The smallest absolute Gasteiger partial charge is 1.00 e. The average molecular weight is 1770 g/mol. The minimum absolute atomic E-state index is 0. The number of aliphatic hydroxyl groups excluding tert-OH is 3. The molecule has 0 bridgehead atoms. The summed E-state index contributed by atoms with van der Waals surface area (Å²) in [6, 6.07) is 25.5. The van der Waals surface area contributed by atoms with Crippen molar-refractivity contribution in [1.82, 2.24) is 0 Å². The Morgan fingerprint density at radius 1 is 0.483 bits per heavy atom. The van der Waals surface area contributed by atoms with E-state index in [1.807, 2.05) is 48.5 Å². The summed E-state index contributed by atoms with van der Waals surface area (Å²) in [5.74, 6) is 5.59. The van der Waals surface area contributed by atoms with E-state index in [-0.39, 0.29) is 77.1 Å². The zero-order valence-corrected chi connectivity index (χ0v) is 64.8. The third-order valence-corrected chi connectivity index (χ3v) is 14.7. The van der Waals surface area contributed by atoms with Gasteiger partial charge in [-0.2, -0.15) is 0 Å². The molecule has 33 heteroatoms. The number of carbonyl (C=O) groups excluding carboxylic acids is 1. The molecule has 0 heterocycles. The van der Waals surface area contributed by atoms with Gasteiger partial charge in [0.2, 0.25) is 12.7 Å². The molecule has 6 rings (SSSR count). The number of aliphatic hydroxyl groups is 3. The van der Waals surface area contributed by atoms with Crippen LogP contribution in [-0.2, 0) is 32.7 Å². The quantitative estimate of drug-likeness (QED) is 0.0239. The first-order chi connectivity index (χ1) is 41.5. The summed E-state index contributed by atoms with van der Waals surface area (Å²) in [6.45, 7) is 0.00779. The van der Waals surface area contributed by atoms with Crippen LogP contribution in [0, 0.1) is 30.3 Å². The molecule has 0 fully saturated rings. The Kier molecular flexibility index (Phi) is 54.8. The molecule has 6 aromatic carbocycles. The van der Waals surface area contributed by atoms with Crippen LogP contribution < -0.4 is 77.9 Å². The molecule has 0 unspecified atom stereocenters. The first-order valence-electron chi connectivity index (χ1n) is 24.3. The Hall–Kier alpha value is -4.13. The number of aldehydes is 1. The van der Waals surface area contributed by atoms with Crippen molar-refractivity contribution in [3.63, 3.8) is 0 Å². The number of halogens is 8. The molecule has 0 aliphatic rings. The van der Waals surface area contributed by atoms with Crippen molar-refractivity contribution in [3.8, 4) is 51.7 Å². The van der Waals surface area contributed by atoms with Crippen LogP contribution >= 0.6 is 124 Å². The number of benzene rings is 6. The molecule has 23 nitrogen and oxygen atoms in total. The summed E-state index contributed by atoms with van der Waals surface area (Å²) in [6.07, 6.45) is 3.92. The normalized spacial score (nSPS) is 9.42. The third kappa shape index (κ3) is 32.8. The monoisotopic (exact) mass is 1760 g/mol. The molecule has 0 spiro atoms. The van der Waals surface area contributed by atoms with Gasteiger partial charge in [-0.05, 0) is 127 Å². The van der Waals surface area contributed by atoms with Gasteiger partial charge in [-0.15, -0.1) is 0 Å². The molecular formula is C56H67BBr8N4NaO19. The van der Waals surface area contributed by atoms with E-state index in [9.17, 15) is 35.2 Å². The van der Waals surface area contributed by atoms with Crippen molar-refractivity contribution in [2.45, 2.75) is 32.7 Å². The zero-order chi connectivity index (χ0) is 66.8. The number of ether oxygens (including phenoxy) is 9. The molecule has 89 heavy (non-hydrogen) atoms. The van der Waals surface area contributed by atoms with Gasteiger partial charge in [0.05, 0.1) is 108 Å². The van der Waals surface area contributed by atoms with E-state index in [2.05, 4.69) is 124 Å². The van der Waals surface area contributed by atoms with Gasteiger partial charge in [-0.25, -0.2) is 0 Å². The summed E-state index contributed by atoms with van der Waals surface area (Å²) in [4.78, 5) is 38.5. The molecule has 5 N–H and O–H groups in total. The molecule has 485 valence electrons. The second-order valence-corrected chi connectivity index (χ2v) is 20.8. The Morgan fingerprint density at radius 2 is 0.798 bits per heavy atom. The predicted molar refractivity (Wildman–Crippen MR) is 369 cm³/mol. The van der Waals surface area contributed by atoms with Gasteiger partial charge in [0, 0.05) is 100 Å². The Bertz CT molecular complexity index is 3060. The van der Waals surface area contributed by atoms with Crippen LogP contribution in [0.1, 0.15) is 45.2 Å². The molecule has 0 aliphatic carbocycles. The van der Waals surface area contributed by atoms with Gasteiger partial charge in [0.25, 0.3) is 0 Å². The summed E-state index contributed by atoms with van der Waals surface area (Å²) >= 11 is 25.4. The molecule has 6 aromatic rings. The third-order valence-electron chi connectivity index (χ3n) is 10.6. The van der Waals surface area contributed by atoms with Gasteiger partial charge in [0.1, 0.15) is 17.2 Å². The maximum absolute atomic E-state index is 10.6. The van der Waals surface area contributed by atoms with Crippen molar-refractivity contribution in [1.29, 1.82) is 0 Å². The summed E-state index contributed by atoms with van der Waals surface area (Å²) < 4.78 is 50.8. The summed E-state index contributed by atoms with van der Waals surface area (Å²) in [5, 5.41) is 56.9. The molecule has 0 aliphatic heterocycles. The van der Waals surface area contributed by atoms with Gasteiger partial charge < -0.3 is 65.1 Å². The fraction of sp³-hybridized carbons (Fsp3) is 0.304. The first kappa shape index (κ1) is 91.3. The van der Waals surface area contributed by atoms with Gasteiger partial charge >= 0.3 is 29.6 Å². The van der Waals surface area contributed by atoms with Crippen molar-refractivity contribution >= 4 is 145 Å². The van der Waals surface area contributed by atoms with E-state index in [1.54, 1.807) is 71.9 Å². The number of hydrogen-bond acceptors (Lipinski definition) is 20. The van der Waals surface area contributed by atoms with Gasteiger partial charge in [-0.3, -0.25) is 35.1 Å². The van der Waals surface area contributed by atoms with Crippen LogP contribution in [0.2, 0.25) is 0 Å². The van der Waals surface area contributed by atoms with Crippen LogP contribution in [0.5, 0.6) is 51.7 Å². The number of nitro groups is 3. The van der Waals surface area contributed by atoms with E-state index < -0.39 is 9.85 Å². The van der Waals surface area contributed by atoms with Crippen LogP contribution in [-0.4, -0.2) is 129 Å². The first-order valence-corrected chi connectivity index (χ1v) is 32.8. The number of carbonyl (C=O) groups is 1. The minimum atomic E-state index is -0.555. The predicted octanol–water partition coefficient (Wildman–Crippen LogP) is 10.9. The fourth-order valence-corrected chi connectivity index (χ4v) is 9.62. The molecule has 3 radical (unpaired) electrons. The molecule has 0 atom stereocenters. The number of para-hydroxylation sites is 2. The zero-order valence-electron chi connectivity index (χ0n) is 51.2. The number of hydrogen-bond donors (Lipinski definition) is 4. The number of nitrogens with two attached hydrogens (primary N) is 1. The Morgan fingerprint density at radius 3 is 1.11 bits per heavy atom. The maximum atomic E-state index is 10.6. The van der Waals surface area contributed by atoms with E-state index in [0.717, 1.165) is 82.3 Å². The van der Waals surface area contributed by atoms with Crippen molar-refractivity contribution < 1.29 is 108 Å². The number of nitrogens with zero attached hydrogens (tertiary/aromatic N) is 3. The Labute approximate surface area is 608 Å². The van der Waals surface area contributed by atoms with Gasteiger partial charge in [0.15, 0.2) is 47.8 Å². The van der Waals surface area contributed by atoms with E-state index >= 15 is 0 Å². The second kappa shape index (κ2) is 53.4. The van der Waals surface area contributed by atoms with Gasteiger partial charge in [-0.1, -0.05) is 72.1 Å². The van der Waals surface area contributed by atoms with E-state index in [1.165, 1.54) is 34.5 Å². The standard InChI is InChI=1S/C10H12BrNO4.C10H10BrNO4.C10H14BrNO2.C9H9BrO3.C8H8Br2O2.C8H10O2.CH3NO2.B.Br2.Na.H/c2*1-16-10-7(4-5-12(14)15)2-3-9(11)8(10)6-13;1-14-10-7(4-5-12)2-3-9(11)8(10)6-13;1-12-8-6(5-11)3-4-7(10)9(8)13-2;1-11-7-5(9)3-4-6(10)8(7)12-2;1-9-7-5-3-4-6-8(7)10-2;1-2(3)4;;1-2;;/h2-3,13H,4-6H2,1H3;2-5,13H,6H2,1H3;2-3,13H,4-6,12H2,1H3;3-5H,1-2H3;3-4H,1-2H3;3-6H,1-2H3;1H3;;;;/q;;;;;;;;;+1;-1/b;5-4-;;;;;;;;;. The van der Waals surface area contributed by atoms with E-state index in [0.29, 0.717) is 67.8 Å². The summed E-state index contributed by atoms with van der Waals surface area (Å²) in [7, 11) is 14.9. The fourth-order valence-electron chi connectivity index (χ4n) is 6.88. The average Bonchev–Trinajstić information content (AvgIpc) is 1.91. The van der Waals surface area contributed by atoms with Crippen molar-refractivity contribution in [3.05, 3.63) is 187 Å². The molecule has 0 saturated carbocycles.